The van der Waals surface area contributed by atoms with Crippen molar-refractivity contribution in [2.75, 3.05) is 0 Å². The van der Waals surface area contributed by atoms with Crippen LogP contribution in [0.3, 0.4) is 0 Å². The molecule has 21 heavy (non-hydrogen) atoms. The van der Waals surface area contributed by atoms with Gasteiger partial charge in [-0.1, -0.05) is 15.9 Å². The van der Waals surface area contributed by atoms with Crippen molar-refractivity contribution >= 4 is 27.7 Å². The Kier molecular flexibility index (Phi) is 4.93. The zero-order valence-corrected chi connectivity index (χ0v) is 14.4. The van der Waals surface area contributed by atoms with Gasteiger partial charge in [-0.2, -0.15) is 0 Å². The van der Waals surface area contributed by atoms with Crippen LogP contribution in [0.4, 0.5) is 0 Å². The molecule has 0 radical (unpaired) electrons. The Morgan fingerprint density at radius 2 is 2.00 bits per heavy atom. The third kappa shape index (κ3) is 4.80. The van der Waals surface area contributed by atoms with E-state index in [1.807, 2.05) is 6.92 Å². The second-order valence-electron chi connectivity index (χ2n) is 5.31. The van der Waals surface area contributed by atoms with E-state index < -0.39 is 0 Å². The molecule has 0 aliphatic heterocycles. The summed E-state index contributed by atoms with van der Waals surface area (Å²) in [4.78, 5) is 10.4. The molecule has 0 spiro atoms. The van der Waals surface area contributed by atoms with Crippen molar-refractivity contribution in [2.45, 2.75) is 43.0 Å². The molecule has 110 valence electrons. The number of hydrogen-bond acceptors (Lipinski definition) is 4. The number of aryl methyl sites for hydroxylation is 1. The van der Waals surface area contributed by atoms with Gasteiger partial charge >= 0.3 is 0 Å². The summed E-state index contributed by atoms with van der Waals surface area (Å²) in [6.07, 6.45) is 2.60. The first-order valence-electron chi connectivity index (χ1n) is 7.14. The third-order valence-electron chi connectivity index (χ3n) is 3.28. The molecule has 1 N–H and O–H groups in total. The minimum atomic E-state index is 0.709. The molecule has 5 heteroatoms. The number of benzene rings is 1. The molecule has 1 aliphatic carbocycles. The Hall–Kier alpha value is -0.910. The predicted molar refractivity (Wildman–Crippen MR) is 90.3 cm³/mol. The minimum absolute atomic E-state index is 0.709. The van der Waals surface area contributed by atoms with Crippen molar-refractivity contribution in [2.24, 2.45) is 0 Å². The molecule has 1 aliphatic rings. The Balaban J connectivity index is 1.62. The molecule has 0 saturated heterocycles. The van der Waals surface area contributed by atoms with Crippen LogP contribution < -0.4 is 5.32 Å². The quantitative estimate of drug-likeness (QED) is 0.784. The summed E-state index contributed by atoms with van der Waals surface area (Å²) in [6, 6.07) is 11.1. The van der Waals surface area contributed by atoms with Crippen molar-refractivity contribution < 1.29 is 0 Å². The SMILES string of the molecule is Cc1cc(CNC2CC2)nc(CSc2ccc(Br)cc2)n1. The zero-order chi connectivity index (χ0) is 14.7. The first-order valence-corrected chi connectivity index (χ1v) is 8.92. The summed E-state index contributed by atoms with van der Waals surface area (Å²) < 4.78 is 1.10. The fourth-order valence-corrected chi connectivity index (χ4v) is 3.09. The van der Waals surface area contributed by atoms with E-state index in [-0.39, 0.29) is 0 Å². The van der Waals surface area contributed by atoms with Crippen LogP contribution in [0.25, 0.3) is 0 Å². The van der Waals surface area contributed by atoms with Crippen LogP contribution in [0.1, 0.15) is 30.1 Å². The lowest BCUT2D eigenvalue weighted by molar-refractivity contribution is 0.668. The van der Waals surface area contributed by atoms with Crippen LogP contribution in [0.5, 0.6) is 0 Å². The molecular formula is C16H18BrN3S. The van der Waals surface area contributed by atoms with Gasteiger partial charge in [0, 0.05) is 27.6 Å². The van der Waals surface area contributed by atoms with Gasteiger partial charge in [0.15, 0.2) is 0 Å². The van der Waals surface area contributed by atoms with Gasteiger partial charge in [0.25, 0.3) is 0 Å². The molecule has 1 fully saturated rings. The van der Waals surface area contributed by atoms with E-state index in [0.717, 1.165) is 34.0 Å². The molecule has 3 rings (SSSR count). The van der Waals surface area contributed by atoms with E-state index in [4.69, 9.17) is 0 Å². The number of hydrogen-bond donors (Lipinski definition) is 1. The molecule has 1 heterocycles. The highest BCUT2D eigenvalue weighted by molar-refractivity contribution is 9.10. The fraction of sp³-hybridized carbons (Fsp3) is 0.375. The van der Waals surface area contributed by atoms with Gasteiger partial charge in [0.05, 0.1) is 11.4 Å². The lowest BCUT2D eigenvalue weighted by Crippen LogP contribution is -2.17. The molecule has 0 unspecified atom stereocenters. The average molecular weight is 364 g/mol. The molecule has 2 aromatic rings. The van der Waals surface area contributed by atoms with E-state index in [2.05, 4.69) is 61.5 Å². The van der Waals surface area contributed by atoms with E-state index in [1.54, 1.807) is 11.8 Å². The monoisotopic (exact) mass is 363 g/mol. The highest BCUT2D eigenvalue weighted by Crippen LogP contribution is 2.23. The largest absolute Gasteiger partial charge is 0.308 e. The van der Waals surface area contributed by atoms with Crippen molar-refractivity contribution in [1.29, 1.82) is 0 Å². The second kappa shape index (κ2) is 6.90. The fourth-order valence-electron chi connectivity index (χ4n) is 2.07. The highest BCUT2D eigenvalue weighted by Gasteiger charge is 2.20. The third-order valence-corrected chi connectivity index (χ3v) is 4.82. The Morgan fingerprint density at radius 1 is 1.24 bits per heavy atom. The molecule has 0 atom stereocenters. The molecule has 0 amide bonds. The average Bonchev–Trinajstić information content (AvgIpc) is 3.28. The summed E-state index contributed by atoms with van der Waals surface area (Å²) in [5.41, 5.74) is 2.14. The number of nitrogens with zero attached hydrogens (tertiary/aromatic N) is 2. The van der Waals surface area contributed by atoms with Gasteiger partial charge in [-0.15, -0.1) is 11.8 Å². The van der Waals surface area contributed by atoms with Crippen LogP contribution in [0.2, 0.25) is 0 Å². The molecular weight excluding hydrogens is 346 g/mol. The van der Waals surface area contributed by atoms with E-state index in [9.17, 15) is 0 Å². The molecule has 1 saturated carbocycles. The molecule has 3 nitrogen and oxygen atoms in total. The van der Waals surface area contributed by atoms with Crippen LogP contribution >= 0.6 is 27.7 Å². The first kappa shape index (κ1) is 15.0. The van der Waals surface area contributed by atoms with Gasteiger partial charge in [-0.3, -0.25) is 0 Å². The van der Waals surface area contributed by atoms with Crippen LogP contribution in [-0.4, -0.2) is 16.0 Å². The standard InChI is InChI=1S/C16H18BrN3S/c1-11-8-14(9-18-13-4-5-13)20-16(19-11)10-21-15-6-2-12(17)3-7-15/h2-3,6-8,13,18H,4-5,9-10H2,1H3. The zero-order valence-electron chi connectivity index (χ0n) is 12.0. The number of rotatable bonds is 6. The predicted octanol–water partition coefficient (Wildman–Crippen LogP) is 4.09. The number of halogens is 1. The molecule has 1 aromatic carbocycles. The molecule has 0 bridgehead atoms. The Bertz CT molecular complexity index is 611. The van der Waals surface area contributed by atoms with Crippen molar-refractivity contribution in [3.8, 4) is 0 Å². The van der Waals surface area contributed by atoms with Crippen molar-refractivity contribution in [3.05, 3.63) is 52.0 Å². The number of aromatic nitrogens is 2. The van der Waals surface area contributed by atoms with E-state index >= 15 is 0 Å². The van der Waals surface area contributed by atoms with Crippen molar-refractivity contribution in [1.82, 2.24) is 15.3 Å². The lowest BCUT2D eigenvalue weighted by Gasteiger charge is -2.07. The van der Waals surface area contributed by atoms with Crippen LogP contribution in [0, 0.1) is 6.92 Å². The van der Waals surface area contributed by atoms with Gasteiger partial charge in [-0.05, 0) is 50.1 Å². The Labute approximate surface area is 138 Å². The number of nitrogens with one attached hydrogen (secondary N) is 1. The summed E-state index contributed by atoms with van der Waals surface area (Å²) in [7, 11) is 0. The molecule has 1 aromatic heterocycles. The van der Waals surface area contributed by atoms with Crippen LogP contribution in [0.15, 0.2) is 39.7 Å². The topological polar surface area (TPSA) is 37.8 Å². The van der Waals surface area contributed by atoms with Gasteiger partial charge in [0.2, 0.25) is 0 Å². The van der Waals surface area contributed by atoms with E-state index in [0.29, 0.717) is 6.04 Å². The lowest BCUT2D eigenvalue weighted by atomic mass is 10.3. The Morgan fingerprint density at radius 3 is 2.71 bits per heavy atom. The van der Waals surface area contributed by atoms with Gasteiger partial charge < -0.3 is 5.32 Å². The van der Waals surface area contributed by atoms with Crippen LogP contribution in [-0.2, 0) is 12.3 Å². The summed E-state index contributed by atoms with van der Waals surface area (Å²) in [6.45, 7) is 2.89. The summed E-state index contributed by atoms with van der Waals surface area (Å²) in [5.74, 6) is 1.72. The van der Waals surface area contributed by atoms with Crippen molar-refractivity contribution in [3.63, 3.8) is 0 Å². The maximum atomic E-state index is 4.66. The second-order valence-corrected chi connectivity index (χ2v) is 7.28. The van der Waals surface area contributed by atoms with Gasteiger partial charge in [0.1, 0.15) is 5.82 Å². The minimum Gasteiger partial charge on any atom is -0.308 e. The summed E-state index contributed by atoms with van der Waals surface area (Å²) >= 11 is 5.22. The summed E-state index contributed by atoms with van der Waals surface area (Å²) in [5, 5.41) is 3.51. The normalized spacial score (nSPS) is 14.4. The highest BCUT2D eigenvalue weighted by atomic mass is 79.9. The number of thioether (sulfide) groups is 1. The van der Waals surface area contributed by atoms with Gasteiger partial charge in [-0.25, -0.2) is 9.97 Å². The first-order chi connectivity index (χ1) is 10.2. The maximum absolute atomic E-state index is 4.66. The smallest absolute Gasteiger partial charge is 0.139 e. The maximum Gasteiger partial charge on any atom is 0.139 e. The van der Waals surface area contributed by atoms with E-state index in [1.165, 1.54) is 17.7 Å².